The molecule has 1 aromatic heterocycles. The monoisotopic (exact) mass is 246 g/mol. The van der Waals surface area contributed by atoms with Crippen molar-refractivity contribution in [2.24, 2.45) is 0 Å². The zero-order chi connectivity index (χ0) is 13.1. The molecular weight excluding hydrogens is 227 g/mol. The number of nitrogens with zero attached hydrogens (tertiary/aromatic N) is 1. The molecule has 2 aromatic rings. The van der Waals surface area contributed by atoms with Crippen molar-refractivity contribution in [2.75, 3.05) is 11.9 Å². The number of nitrogens with one attached hydrogen (secondary N) is 1. The third kappa shape index (κ3) is 2.45. The molecule has 3 heteroatoms. The third-order valence-corrected chi connectivity index (χ3v) is 3.04. The number of hydrogen-bond donors (Lipinski definition) is 1. The highest BCUT2D eigenvalue weighted by atomic mass is 19.1. The molecule has 2 nitrogen and oxygen atoms in total. The van der Waals surface area contributed by atoms with Crippen molar-refractivity contribution in [1.29, 1.82) is 0 Å². The van der Waals surface area contributed by atoms with Crippen molar-refractivity contribution in [2.45, 2.75) is 33.6 Å². The molecule has 0 aliphatic carbocycles. The number of fused-ring (bicyclic) bond motifs is 1. The lowest BCUT2D eigenvalue weighted by Crippen LogP contribution is -2.04. The minimum Gasteiger partial charge on any atom is -0.370 e. The largest absolute Gasteiger partial charge is 0.370 e. The van der Waals surface area contributed by atoms with Gasteiger partial charge in [0.2, 0.25) is 0 Å². The molecular formula is C15H19FN2. The molecule has 96 valence electrons. The van der Waals surface area contributed by atoms with Crippen LogP contribution in [0.3, 0.4) is 0 Å². The van der Waals surface area contributed by atoms with E-state index in [1.165, 1.54) is 11.6 Å². The fourth-order valence-electron chi connectivity index (χ4n) is 2.13. The van der Waals surface area contributed by atoms with Crippen LogP contribution in [0.2, 0.25) is 0 Å². The molecule has 0 saturated carbocycles. The van der Waals surface area contributed by atoms with E-state index in [0.717, 1.165) is 30.6 Å². The highest BCUT2D eigenvalue weighted by Gasteiger charge is 2.08. The van der Waals surface area contributed by atoms with Gasteiger partial charge in [-0.1, -0.05) is 13.3 Å². The number of aryl methyl sites for hydroxylation is 2. The van der Waals surface area contributed by atoms with Gasteiger partial charge >= 0.3 is 0 Å². The van der Waals surface area contributed by atoms with Crippen LogP contribution in [0.25, 0.3) is 10.9 Å². The maximum absolute atomic E-state index is 13.6. The van der Waals surface area contributed by atoms with Crippen LogP contribution < -0.4 is 5.32 Å². The first-order chi connectivity index (χ1) is 8.65. The Morgan fingerprint density at radius 3 is 2.67 bits per heavy atom. The van der Waals surface area contributed by atoms with E-state index >= 15 is 0 Å². The lowest BCUT2D eigenvalue weighted by Gasteiger charge is -2.11. The maximum Gasteiger partial charge on any atom is 0.129 e. The zero-order valence-corrected chi connectivity index (χ0v) is 11.2. The van der Waals surface area contributed by atoms with Gasteiger partial charge in [0.25, 0.3) is 0 Å². The summed E-state index contributed by atoms with van der Waals surface area (Å²) in [4.78, 5) is 4.53. The molecule has 0 aliphatic rings. The van der Waals surface area contributed by atoms with Crippen molar-refractivity contribution in [3.05, 3.63) is 35.1 Å². The summed E-state index contributed by atoms with van der Waals surface area (Å²) in [7, 11) is 0. The minimum absolute atomic E-state index is 0.194. The summed E-state index contributed by atoms with van der Waals surface area (Å²) in [5.74, 6) is 0.691. The van der Waals surface area contributed by atoms with Crippen LogP contribution in [0.1, 0.15) is 31.4 Å². The van der Waals surface area contributed by atoms with E-state index in [4.69, 9.17) is 0 Å². The number of anilines is 1. The highest BCUT2D eigenvalue weighted by molar-refractivity contribution is 5.82. The second-order valence-electron chi connectivity index (χ2n) is 4.57. The van der Waals surface area contributed by atoms with Crippen LogP contribution in [0.5, 0.6) is 0 Å². The molecule has 1 N–H and O–H groups in total. The first-order valence-electron chi connectivity index (χ1n) is 6.49. The number of benzene rings is 1. The van der Waals surface area contributed by atoms with Crippen LogP contribution in [-0.2, 0) is 6.42 Å². The molecule has 0 amide bonds. The van der Waals surface area contributed by atoms with Crippen molar-refractivity contribution < 1.29 is 4.39 Å². The van der Waals surface area contributed by atoms with Gasteiger partial charge in [0.15, 0.2) is 0 Å². The van der Waals surface area contributed by atoms with E-state index in [2.05, 4.69) is 23.3 Å². The van der Waals surface area contributed by atoms with E-state index in [0.29, 0.717) is 11.1 Å². The van der Waals surface area contributed by atoms with Gasteiger partial charge in [-0.25, -0.2) is 9.37 Å². The standard InChI is InChI=1S/C15H19FN2/c1-4-6-11-8-12-7-10(3)13(16)9-14(12)18-15(11)17-5-2/h7-9H,4-6H2,1-3H3,(H,17,18). The number of aromatic nitrogens is 1. The SMILES string of the molecule is CCCc1cc2cc(C)c(F)cc2nc1NCC. The maximum atomic E-state index is 13.6. The lowest BCUT2D eigenvalue weighted by molar-refractivity contribution is 0.620. The summed E-state index contributed by atoms with van der Waals surface area (Å²) in [6, 6.07) is 5.50. The highest BCUT2D eigenvalue weighted by Crippen LogP contribution is 2.24. The number of halogens is 1. The molecule has 0 atom stereocenters. The summed E-state index contributed by atoms with van der Waals surface area (Å²) in [5.41, 5.74) is 2.59. The molecule has 0 radical (unpaired) electrons. The Kier molecular flexibility index (Phi) is 3.80. The fourth-order valence-corrected chi connectivity index (χ4v) is 2.13. The Bertz CT molecular complexity index is 513. The quantitative estimate of drug-likeness (QED) is 0.879. The van der Waals surface area contributed by atoms with Crippen LogP contribution >= 0.6 is 0 Å². The lowest BCUT2D eigenvalue weighted by atomic mass is 10.1. The minimum atomic E-state index is -0.194. The number of hydrogen-bond acceptors (Lipinski definition) is 2. The Labute approximate surface area is 107 Å². The molecule has 0 bridgehead atoms. The van der Waals surface area contributed by atoms with Crippen molar-refractivity contribution >= 4 is 16.7 Å². The van der Waals surface area contributed by atoms with Gasteiger partial charge in [0.1, 0.15) is 11.6 Å². The van der Waals surface area contributed by atoms with E-state index in [1.54, 1.807) is 6.92 Å². The summed E-state index contributed by atoms with van der Waals surface area (Å²) in [5, 5.41) is 4.27. The topological polar surface area (TPSA) is 24.9 Å². The Balaban J connectivity index is 2.60. The molecule has 0 aliphatic heterocycles. The predicted molar refractivity (Wildman–Crippen MR) is 74.6 cm³/mol. The van der Waals surface area contributed by atoms with E-state index in [9.17, 15) is 4.39 Å². The van der Waals surface area contributed by atoms with Crippen LogP contribution in [0.15, 0.2) is 18.2 Å². The van der Waals surface area contributed by atoms with Crippen LogP contribution in [-0.4, -0.2) is 11.5 Å². The molecule has 0 spiro atoms. The Hall–Kier alpha value is -1.64. The van der Waals surface area contributed by atoms with Crippen LogP contribution in [0, 0.1) is 12.7 Å². The molecule has 0 fully saturated rings. The first kappa shape index (κ1) is 12.8. The van der Waals surface area contributed by atoms with Crippen molar-refractivity contribution in [1.82, 2.24) is 4.98 Å². The normalized spacial score (nSPS) is 10.9. The summed E-state index contributed by atoms with van der Waals surface area (Å²) in [6.45, 7) is 6.79. The number of rotatable bonds is 4. The molecule has 1 heterocycles. The zero-order valence-electron chi connectivity index (χ0n) is 11.2. The molecule has 18 heavy (non-hydrogen) atoms. The smallest absolute Gasteiger partial charge is 0.129 e. The predicted octanol–water partition coefficient (Wildman–Crippen LogP) is 4.07. The molecule has 2 rings (SSSR count). The van der Waals surface area contributed by atoms with E-state index in [1.807, 2.05) is 13.0 Å². The summed E-state index contributed by atoms with van der Waals surface area (Å²) >= 11 is 0. The van der Waals surface area contributed by atoms with Gasteiger partial charge < -0.3 is 5.32 Å². The van der Waals surface area contributed by atoms with Gasteiger partial charge in [-0.3, -0.25) is 0 Å². The average molecular weight is 246 g/mol. The Morgan fingerprint density at radius 2 is 2.00 bits per heavy atom. The molecule has 0 unspecified atom stereocenters. The first-order valence-corrected chi connectivity index (χ1v) is 6.49. The third-order valence-electron chi connectivity index (χ3n) is 3.04. The Morgan fingerprint density at radius 1 is 1.22 bits per heavy atom. The number of pyridine rings is 1. The van der Waals surface area contributed by atoms with Gasteiger partial charge in [-0.05, 0) is 43.5 Å². The summed E-state index contributed by atoms with van der Waals surface area (Å²) in [6.07, 6.45) is 2.06. The van der Waals surface area contributed by atoms with E-state index in [-0.39, 0.29) is 5.82 Å². The molecule has 0 saturated heterocycles. The fraction of sp³-hybridized carbons (Fsp3) is 0.400. The second-order valence-corrected chi connectivity index (χ2v) is 4.57. The summed E-state index contributed by atoms with van der Waals surface area (Å²) < 4.78 is 13.6. The van der Waals surface area contributed by atoms with Crippen LogP contribution in [0.4, 0.5) is 10.2 Å². The van der Waals surface area contributed by atoms with E-state index < -0.39 is 0 Å². The molecule has 1 aromatic carbocycles. The van der Waals surface area contributed by atoms with Crippen molar-refractivity contribution in [3.8, 4) is 0 Å². The van der Waals surface area contributed by atoms with Gasteiger partial charge in [0.05, 0.1) is 5.52 Å². The average Bonchev–Trinajstić information content (AvgIpc) is 2.33. The van der Waals surface area contributed by atoms with Gasteiger partial charge in [-0.15, -0.1) is 0 Å². The van der Waals surface area contributed by atoms with Gasteiger partial charge in [-0.2, -0.15) is 0 Å². The van der Waals surface area contributed by atoms with Gasteiger partial charge in [0, 0.05) is 18.0 Å². The van der Waals surface area contributed by atoms with Crippen molar-refractivity contribution in [3.63, 3.8) is 0 Å². The second kappa shape index (κ2) is 5.34.